The molecule has 0 fully saturated rings. The highest BCUT2D eigenvalue weighted by Gasteiger charge is 2.23. The van der Waals surface area contributed by atoms with E-state index in [2.05, 4.69) is 25.2 Å². The molecular weight excluding hydrogens is 357 g/mol. The summed E-state index contributed by atoms with van der Waals surface area (Å²) in [6, 6.07) is 9.98. The quantitative estimate of drug-likeness (QED) is 0.668. The van der Waals surface area contributed by atoms with Crippen LogP contribution < -0.4 is 14.8 Å². The molecule has 0 radical (unpaired) electrons. The SMILES string of the molecule is CC[C@@H](Oc1ccccc1F)C(=O)N[C@@H](C)c1cc(C(C)C)c(OC)cc1C. The zero-order chi connectivity index (χ0) is 20.8. The van der Waals surface area contributed by atoms with Crippen molar-refractivity contribution >= 4 is 5.91 Å². The van der Waals surface area contributed by atoms with Gasteiger partial charge in [0, 0.05) is 0 Å². The van der Waals surface area contributed by atoms with Crippen LogP contribution in [0.5, 0.6) is 11.5 Å². The number of carbonyl (C=O) groups excluding carboxylic acids is 1. The molecule has 0 saturated heterocycles. The number of carbonyl (C=O) groups is 1. The largest absolute Gasteiger partial charge is 0.496 e. The molecule has 0 heterocycles. The molecule has 0 saturated carbocycles. The Morgan fingerprint density at radius 2 is 1.79 bits per heavy atom. The Morgan fingerprint density at radius 3 is 2.36 bits per heavy atom. The van der Waals surface area contributed by atoms with Crippen LogP contribution in [0.4, 0.5) is 4.39 Å². The summed E-state index contributed by atoms with van der Waals surface area (Å²) >= 11 is 0. The Hall–Kier alpha value is -2.56. The third-order valence-corrected chi connectivity index (χ3v) is 4.83. The molecule has 152 valence electrons. The summed E-state index contributed by atoms with van der Waals surface area (Å²) in [7, 11) is 1.66. The Labute approximate surface area is 167 Å². The summed E-state index contributed by atoms with van der Waals surface area (Å²) in [5.74, 6) is 0.489. The van der Waals surface area contributed by atoms with Crippen LogP contribution in [0.15, 0.2) is 36.4 Å². The predicted molar refractivity (Wildman–Crippen MR) is 109 cm³/mol. The van der Waals surface area contributed by atoms with Crippen molar-refractivity contribution in [1.82, 2.24) is 5.32 Å². The predicted octanol–water partition coefficient (Wildman–Crippen LogP) is 5.30. The van der Waals surface area contributed by atoms with Gasteiger partial charge in [-0.25, -0.2) is 4.39 Å². The summed E-state index contributed by atoms with van der Waals surface area (Å²) < 4.78 is 25.0. The fourth-order valence-electron chi connectivity index (χ4n) is 3.21. The van der Waals surface area contributed by atoms with Gasteiger partial charge in [0.2, 0.25) is 0 Å². The molecule has 1 amide bonds. The lowest BCUT2D eigenvalue weighted by atomic mass is 9.93. The number of methoxy groups -OCH3 is 1. The minimum Gasteiger partial charge on any atom is -0.496 e. The van der Waals surface area contributed by atoms with E-state index in [0.717, 1.165) is 22.4 Å². The zero-order valence-electron chi connectivity index (χ0n) is 17.5. The molecule has 0 unspecified atom stereocenters. The minimum atomic E-state index is -0.762. The van der Waals surface area contributed by atoms with Crippen molar-refractivity contribution in [2.45, 2.75) is 59.1 Å². The summed E-state index contributed by atoms with van der Waals surface area (Å²) in [5, 5.41) is 3.00. The summed E-state index contributed by atoms with van der Waals surface area (Å²) in [5.41, 5.74) is 3.16. The number of amides is 1. The van der Waals surface area contributed by atoms with E-state index >= 15 is 0 Å². The Balaban J connectivity index is 2.18. The summed E-state index contributed by atoms with van der Waals surface area (Å²) in [4.78, 5) is 12.7. The number of para-hydroxylation sites is 1. The number of ether oxygens (including phenoxy) is 2. The topological polar surface area (TPSA) is 47.6 Å². The third-order valence-electron chi connectivity index (χ3n) is 4.83. The number of benzene rings is 2. The normalized spacial score (nSPS) is 13.1. The van der Waals surface area contributed by atoms with Crippen LogP contribution in [-0.2, 0) is 4.79 Å². The highest BCUT2D eigenvalue weighted by Crippen LogP contribution is 2.32. The van der Waals surface area contributed by atoms with Crippen molar-refractivity contribution in [3.63, 3.8) is 0 Å². The van der Waals surface area contributed by atoms with Gasteiger partial charge in [-0.2, -0.15) is 0 Å². The van der Waals surface area contributed by atoms with E-state index in [0.29, 0.717) is 12.3 Å². The van der Waals surface area contributed by atoms with Crippen LogP contribution in [0.25, 0.3) is 0 Å². The van der Waals surface area contributed by atoms with Gasteiger partial charge in [0.15, 0.2) is 17.7 Å². The second kappa shape index (κ2) is 9.58. The fraction of sp³-hybridized carbons (Fsp3) is 0.435. The molecule has 2 rings (SSSR count). The molecule has 2 aromatic rings. The Morgan fingerprint density at radius 1 is 1.11 bits per heavy atom. The maximum Gasteiger partial charge on any atom is 0.261 e. The molecule has 0 aliphatic heterocycles. The molecule has 0 aromatic heterocycles. The van der Waals surface area contributed by atoms with Gasteiger partial charge < -0.3 is 14.8 Å². The van der Waals surface area contributed by atoms with Gasteiger partial charge in [-0.05, 0) is 67.1 Å². The number of halogens is 1. The van der Waals surface area contributed by atoms with Crippen LogP contribution in [-0.4, -0.2) is 19.1 Å². The average Bonchev–Trinajstić information content (AvgIpc) is 2.66. The van der Waals surface area contributed by atoms with Gasteiger partial charge in [-0.3, -0.25) is 4.79 Å². The molecule has 4 nitrogen and oxygen atoms in total. The molecule has 5 heteroatoms. The second-order valence-electron chi connectivity index (χ2n) is 7.28. The van der Waals surface area contributed by atoms with Crippen molar-refractivity contribution in [2.75, 3.05) is 7.11 Å². The lowest BCUT2D eigenvalue weighted by Crippen LogP contribution is -2.39. The molecular formula is C23H30FNO3. The maximum absolute atomic E-state index is 13.9. The number of aryl methyl sites for hydroxylation is 1. The summed E-state index contributed by atoms with van der Waals surface area (Å²) in [6.45, 7) is 9.99. The molecule has 2 aromatic carbocycles. The van der Waals surface area contributed by atoms with E-state index in [4.69, 9.17) is 9.47 Å². The van der Waals surface area contributed by atoms with Crippen LogP contribution >= 0.6 is 0 Å². The van der Waals surface area contributed by atoms with Crippen molar-refractivity contribution in [3.05, 3.63) is 58.9 Å². The van der Waals surface area contributed by atoms with E-state index in [1.165, 1.54) is 12.1 Å². The molecule has 2 atom stereocenters. The van der Waals surface area contributed by atoms with Gasteiger partial charge in [-0.1, -0.05) is 32.9 Å². The molecule has 0 spiro atoms. The number of hydrogen-bond acceptors (Lipinski definition) is 3. The summed E-state index contributed by atoms with van der Waals surface area (Å²) in [6.07, 6.45) is -0.325. The standard InChI is InChI=1S/C23H30FNO3/c1-7-20(28-21-11-9-8-10-19(21)24)23(26)25-16(5)18-13-17(14(2)3)22(27-6)12-15(18)4/h8-14,16,20H,7H2,1-6H3,(H,25,26)/t16-,20+/m0/s1. The smallest absolute Gasteiger partial charge is 0.261 e. The Bertz CT molecular complexity index is 819. The van der Waals surface area contributed by atoms with Gasteiger partial charge in [0.25, 0.3) is 5.91 Å². The number of rotatable bonds is 8. The zero-order valence-corrected chi connectivity index (χ0v) is 17.5. The lowest BCUT2D eigenvalue weighted by Gasteiger charge is -2.23. The highest BCUT2D eigenvalue weighted by molar-refractivity contribution is 5.81. The van der Waals surface area contributed by atoms with Gasteiger partial charge in [0.05, 0.1) is 13.2 Å². The number of hydrogen-bond donors (Lipinski definition) is 1. The molecule has 0 bridgehead atoms. The lowest BCUT2D eigenvalue weighted by molar-refractivity contribution is -0.128. The van der Waals surface area contributed by atoms with Gasteiger partial charge in [0.1, 0.15) is 5.75 Å². The molecule has 0 aliphatic carbocycles. The molecule has 28 heavy (non-hydrogen) atoms. The fourth-order valence-corrected chi connectivity index (χ4v) is 3.21. The number of nitrogens with one attached hydrogen (secondary N) is 1. The first kappa shape index (κ1) is 21.7. The first-order valence-corrected chi connectivity index (χ1v) is 9.68. The van der Waals surface area contributed by atoms with E-state index < -0.39 is 11.9 Å². The van der Waals surface area contributed by atoms with E-state index in [1.807, 2.05) is 26.8 Å². The maximum atomic E-state index is 13.9. The van der Waals surface area contributed by atoms with Gasteiger partial charge in [-0.15, -0.1) is 0 Å². The van der Waals surface area contributed by atoms with E-state index in [-0.39, 0.29) is 17.7 Å². The highest BCUT2D eigenvalue weighted by atomic mass is 19.1. The third kappa shape index (κ3) is 5.03. The first-order chi connectivity index (χ1) is 13.3. The van der Waals surface area contributed by atoms with Crippen LogP contribution in [0.1, 0.15) is 62.8 Å². The van der Waals surface area contributed by atoms with Crippen molar-refractivity contribution in [1.29, 1.82) is 0 Å². The van der Waals surface area contributed by atoms with Crippen LogP contribution in [0.2, 0.25) is 0 Å². The average molecular weight is 387 g/mol. The second-order valence-corrected chi connectivity index (χ2v) is 7.28. The minimum absolute atomic E-state index is 0.0832. The Kier molecular flexibility index (Phi) is 7.44. The van der Waals surface area contributed by atoms with Crippen LogP contribution in [0, 0.1) is 12.7 Å². The van der Waals surface area contributed by atoms with Crippen molar-refractivity contribution < 1.29 is 18.7 Å². The first-order valence-electron chi connectivity index (χ1n) is 9.68. The van der Waals surface area contributed by atoms with Crippen molar-refractivity contribution in [3.8, 4) is 11.5 Å². The van der Waals surface area contributed by atoms with Gasteiger partial charge >= 0.3 is 0 Å². The van der Waals surface area contributed by atoms with E-state index in [9.17, 15) is 9.18 Å². The molecule has 0 aliphatic rings. The molecule has 1 N–H and O–H groups in total. The van der Waals surface area contributed by atoms with E-state index in [1.54, 1.807) is 19.2 Å². The van der Waals surface area contributed by atoms with Crippen molar-refractivity contribution in [2.24, 2.45) is 0 Å². The monoisotopic (exact) mass is 387 g/mol. The van der Waals surface area contributed by atoms with Crippen LogP contribution in [0.3, 0.4) is 0 Å².